The number of amides is 1. The zero-order valence-electron chi connectivity index (χ0n) is 10.1. The van der Waals surface area contributed by atoms with Crippen LogP contribution in [-0.4, -0.2) is 36.5 Å². The summed E-state index contributed by atoms with van der Waals surface area (Å²) in [7, 11) is 0. The molecule has 0 radical (unpaired) electrons. The van der Waals surface area contributed by atoms with Crippen molar-refractivity contribution in [2.45, 2.75) is 19.0 Å². The molecular weight excluding hydrogens is 214 g/mol. The van der Waals surface area contributed by atoms with Gasteiger partial charge in [0.05, 0.1) is 0 Å². The van der Waals surface area contributed by atoms with Crippen LogP contribution in [0.4, 0.5) is 0 Å². The van der Waals surface area contributed by atoms with Crippen molar-refractivity contribution in [3.05, 3.63) is 35.9 Å². The maximum atomic E-state index is 11.7. The van der Waals surface area contributed by atoms with Gasteiger partial charge in [-0.05, 0) is 12.5 Å². The van der Waals surface area contributed by atoms with Crippen LogP contribution in [0.5, 0.6) is 0 Å². The minimum Gasteiger partial charge on any atom is -0.353 e. The number of benzene rings is 1. The predicted octanol–water partition coefficient (Wildman–Crippen LogP) is 0.507. The Morgan fingerprint density at radius 3 is 2.82 bits per heavy atom. The van der Waals surface area contributed by atoms with Gasteiger partial charge in [-0.2, -0.15) is 0 Å². The fraction of sp³-hybridized carbons (Fsp3) is 0.462. The number of rotatable bonds is 3. The summed E-state index contributed by atoms with van der Waals surface area (Å²) in [6, 6.07) is 10.2. The average Bonchev–Trinajstić information content (AvgIpc) is 2.38. The van der Waals surface area contributed by atoms with Gasteiger partial charge < -0.3 is 11.1 Å². The summed E-state index contributed by atoms with van der Waals surface area (Å²) in [6.45, 7) is 4.04. The number of carbonyl (C=O) groups is 1. The Bertz CT molecular complexity index is 380. The van der Waals surface area contributed by atoms with Gasteiger partial charge in [0.25, 0.3) is 0 Å². The third-order valence-electron chi connectivity index (χ3n) is 3.37. The molecule has 0 aromatic heterocycles. The fourth-order valence-corrected chi connectivity index (χ4v) is 2.36. The number of hydrogen-bond donors (Lipinski definition) is 2. The number of nitrogens with one attached hydrogen (secondary N) is 1. The largest absolute Gasteiger partial charge is 0.353 e. The molecule has 1 aliphatic heterocycles. The first-order chi connectivity index (χ1) is 8.24. The number of nitrogens with zero attached hydrogens (tertiary/aromatic N) is 1. The van der Waals surface area contributed by atoms with Crippen molar-refractivity contribution in [3.63, 3.8) is 0 Å². The van der Waals surface area contributed by atoms with Crippen molar-refractivity contribution in [2.75, 3.05) is 19.6 Å². The predicted molar refractivity (Wildman–Crippen MR) is 67.4 cm³/mol. The van der Waals surface area contributed by atoms with Gasteiger partial charge in [-0.15, -0.1) is 0 Å². The Labute approximate surface area is 102 Å². The molecule has 1 aliphatic rings. The highest BCUT2D eigenvalue weighted by Gasteiger charge is 2.31. The molecule has 1 aromatic rings. The molecule has 2 unspecified atom stereocenters. The summed E-state index contributed by atoms with van der Waals surface area (Å²) in [4.78, 5) is 13.9. The fourth-order valence-electron chi connectivity index (χ4n) is 2.36. The second-order valence-electron chi connectivity index (χ2n) is 4.37. The molecule has 2 atom stereocenters. The lowest BCUT2D eigenvalue weighted by molar-refractivity contribution is -0.129. The lowest BCUT2D eigenvalue weighted by Crippen LogP contribution is -2.58. The molecule has 0 bridgehead atoms. The molecule has 17 heavy (non-hydrogen) atoms. The first-order valence-electron chi connectivity index (χ1n) is 6.02. The third-order valence-corrected chi connectivity index (χ3v) is 3.37. The van der Waals surface area contributed by atoms with Gasteiger partial charge in [-0.1, -0.05) is 30.3 Å². The quantitative estimate of drug-likeness (QED) is 0.799. The van der Waals surface area contributed by atoms with Crippen molar-refractivity contribution < 1.29 is 4.79 Å². The van der Waals surface area contributed by atoms with Crippen LogP contribution in [0.1, 0.15) is 18.5 Å². The number of piperazine rings is 1. The van der Waals surface area contributed by atoms with Crippen LogP contribution in [0.3, 0.4) is 0 Å². The van der Waals surface area contributed by atoms with Crippen molar-refractivity contribution in [2.24, 2.45) is 5.73 Å². The van der Waals surface area contributed by atoms with E-state index < -0.39 is 0 Å². The van der Waals surface area contributed by atoms with E-state index in [1.807, 2.05) is 18.2 Å². The summed E-state index contributed by atoms with van der Waals surface area (Å²) in [6.07, 6.45) is 0. The van der Waals surface area contributed by atoms with E-state index >= 15 is 0 Å². The summed E-state index contributed by atoms with van der Waals surface area (Å²) < 4.78 is 0. The Morgan fingerprint density at radius 2 is 2.18 bits per heavy atom. The zero-order chi connectivity index (χ0) is 12.3. The molecule has 1 fully saturated rings. The lowest BCUT2D eigenvalue weighted by atomic mass is 10.0. The Hall–Kier alpha value is -1.39. The number of hydrogen-bond acceptors (Lipinski definition) is 3. The lowest BCUT2D eigenvalue weighted by Gasteiger charge is -2.38. The SMILES string of the molecule is CC(c1ccccc1)N1CCNC(=O)C1CN. The molecular formula is C13H19N3O. The highest BCUT2D eigenvalue weighted by Crippen LogP contribution is 2.22. The molecule has 0 spiro atoms. The van der Waals surface area contributed by atoms with Gasteiger partial charge in [0.1, 0.15) is 6.04 Å². The number of carbonyl (C=O) groups excluding carboxylic acids is 1. The maximum absolute atomic E-state index is 11.7. The van der Waals surface area contributed by atoms with E-state index in [-0.39, 0.29) is 18.0 Å². The van der Waals surface area contributed by atoms with Gasteiger partial charge >= 0.3 is 0 Å². The molecule has 0 aliphatic carbocycles. The van der Waals surface area contributed by atoms with E-state index in [2.05, 4.69) is 29.3 Å². The molecule has 1 amide bonds. The molecule has 4 heteroatoms. The molecule has 2 rings (SSSR count). The Balaban J connectivity index is 2.17. The van der Waals surface area contributed by atoms with Crippen LogP contribution in [0.15, 0.2) is 30.3 Å². The topological polar surface area (TPSA) is 58.4 Å². The smallest absolute Gasteiger partial charge is 0.238 e. The maximum Gasteiger partial charge on any atom is 0.238 e. The monoisotopic (exact) mass is 233 g/mol. The van der Waals surface area contributed by atoms with E-state index in [1.54, 1.807) is 0 Å². The van der Waals surface area contributed by atoms with Crippen LogP contribution < -0.4 is 11.1 Å². The Kier molecular flexibility index (Phi) is 3.76. The summed E-state index contributed by atoms with van der Waals surface area (Å²) in [5.74, 6) is 0.0431. The van der Waals surface area contributed by atoms with Crippen LogP contribution in [-0.2, 0) is 4.79 Å². The van der Waals surface area contributed by atoms with Gasteiger partial charge in [-0.25, -0.2) is 0 Å². The van der Waals surface area contributed by atoms with Gasteiger partial charge in [0.2, 0.25) is 5.91 Å². The second-order valence-corrected chi connectivity index (χ2v) is 4.37. The average molecular weight is 233 g/mol. The van der Waals surface area contributed by atoms with E-state index in [0.717, 1.165) is 6.54 Å². The standard InChI is InChI=1S/C13H19N3O/c1-10(11-5-3-2-4-6-11)16-8-7-15-13(17)12(16)9-14/h2-6,10,12H,7-9,14H2,1H3,(H,15,17). The van der Waals surface area contributed by atoms with Gasteiger partial charge in [-0.3, -0.25) is 9.69 Å². The normalized spacial score (nSPS) is 23.2. The zero-order valence-corrected chi connectivity index (χ0v) is 10.1. The molecule has 1 heterocycles. The van der Waals surface area contributed by atoms with Crippen LogP contribution >= 0.6 is 0 Å². The van der Waals surface area contributed by atoms with Gasteiger partial charge in [0, 0.05) is 25.7 Å². The third kappa shape index (κ3) is 2.48. The molecule has 92 valence electrons. The summed E-state index contributed by atoms with van der Waals surface area (Å²) in [5.41, 5.74) is 6.92. The van der Waals surface area contributed by atoms with Crippen LogP contribution in [0.25, 0.3) is 0 Å². The molecule has 0 saturated carbocycles. The first-order valence-corrected chi connectivity index (χ1v) is 6.02. The molecule has 1 aromatic carbocycles. The minimum absolute atomic E-state index is 0.0431. The van der Waals surface area contributed by atoms with E-state index in [0.29, 0.717) is 13.1 Å². The van der Waals surface area contributed by atoms with Crippen LogP contribution in [0, 0.1) is 0 Å². The Morgan fingerprint density at radius 1 is 1.47 bits per heavy atom. The summed E-state index contributed by atoms with van der Waals surface area (Å²) in [5, 5.41) is 2.86. The molecule has 3 N–H and O–H groups in total. The van der Waals surface area contributed by atoms with E-state index in [9.17, 15) is 4.79 Å². The van der Waals surface area contributed by atoms with Crippen molar-refractivity contribution in [1.29, 1.82) is 0 Å². The second kappa shape index (κ2) is 5.29. The van der Waals surface area contributed by atoms with Gasteiger partial charge in [0.15, 0.2) is 0 Å². The molecule has 1 saturated heterocycles. The van der Waals surface area contributed by atoms with Crippen molar-refractivity contribution in [3.8, 4) is 0 Å². The highest BCUT2D eigenvalue weighted by molar-refractivity contribution is 5.82. The van der Waals surface area contributed by atoms with Crippen molar-refractivity contribution in [1.82, 2.24) is 10.2 Å². The highest BCUT2D eigenvalue weighted by atomic mass is 16.2. The first kappa shape index (κ1) is 12.1. The summed E-state index contributed by atoms with van der Waals surface area (Å²) >= 11 is 0. The molecule has 4 nitrogen and oxygen atoms in total. The van der Waals surface area contributed by atoms with Crippen LogP contribution in [0.2, 0.25) is 0 Å². The minimum atomic E-state index is -0.209. The van der Waals surface area contributed by atoms with E-state index in [1.165, 1.54) is 5.56 Å². The number of nitrogens with two attached hydrogens (primary N) is 1. The van der Waals surface area contributed by atoms with E-state index in [4.69, 9.17) is 5.73 Å². The van der Waals surface area contributed by atoms with Crippen molar-refractivity contribution >= 4 is 5.91 Å².